The minimum absolute atomic E-state index is 0.976. The number of fused-ring (bicyclic) bond motifs is 16. The fraction of sp³-hybridized carbons (Fsp3) is 0.0606. The molecule has 0 saturated carbocycles. The Kier molecular flexibility index (Phi) is 3.16. The fourth-order valence-corrected chi connectivity index (χ4v) is 6.79. The molecule has 35 heavy (non-hydrogen) atoms. The molecule has 2 aliphatic rings. The first kappa shape index (κ1) is 18.0. The summed E-state index contributed by atoms with van der Waals surface area (Å²) < 4.78 is 2.41. The summed E-state index contributed by atoms with van der Waals surface area (Å²) in [6.07, 6.45) is 1.97. The summed E-state index contributed by atoms with van der Waals surface area (Å²) in [6, 6.07) is 35.7. The average Bonchev–Trinajstić information content (AvgIpc) is 3.59. The third-order valence-corrected chi connectivity index (χ3v) is 8.22. The number of nitrogens with zero attached hydrogens (tertiary/aromatic N) is 2. The second-order valence-electron chi connectivity index (χ2n) is 9.94. The number of hydrogen-bond donors (Lipinski definition) is 0. The summed E-state index contributed by atoms with van der Waals surface area (Å²) >= 11 is 0. The molecule has 2 heteroatoms. The van der Waals surface area contributed by atoms with Gasteiger partial charge in [-0.3, -0.25) is 4.40 Å². The molecule has 0 unspecified atom stereocenters. The highest BCUT2D eigenvalue weighted by Crippen LogP contribution is 2.48. The van der Waals surface area contributed by atoms with Crippen LogP contribution in [0.15, 0.2) is 97.1 Å². The Morgan fingerprint density at radius 3 is 2.23 bits per heavy atom. The first-order valence-corrected chi connectivity index (χ1v) is 12.3. The van der Waals surface area contributed by atoms with Gasteiger partial charge >= 0.3 is 0 Å². The molecule has 0 atom stereocenters. The van der Waals surface area contributed by atoms with Crippen LogP contribution in [-0.4, -0.2) is 9.38 Å². The Labute approximate surface area is 202 Å². The molecule has 2 aromatic heterocycles. The zero-order valence-electron chi connectivity index (χ0n) is 19.0. The normalized spacial score (nSPS) is 13.5. The molecule has 0 bridgehead atoms. The van der Waals surface area contributed by atoms with Crippen LogP contribution in [0.25, 0.3) is 60.6 Å². The zero-order chi connectivity index (χ0) is 22.7. The molecular formula is C33H20N2. The first-order valence-electron chi connectivity index (χ1n) is 12.3. The van der Waals surface area contributed by atoms with E-state index in [4.69, 9.17) is 4.98 Å². The number of para-hydroxylation sites is 2. The van der Waals surface area contributed by atoms with Crippen molar-refractivity contribution in [1.82, 2.24) is 9.38 Å². The standard InChI is InChI=1S/C33H20N2/c1-3-9-22-20(8-1)18-26-24(22)15-16-29-31(26)25-14-13-21-17-19-7-2-4-10-23(19)30(21)32(25)33-34-27-11-5-6-12-28(27)35(29)33/h1-16H,17-18H2. The maximum atomic E-state index is 5.24. The van der Waals surface area contributed by atoms with Gasteiger partial charge in [-0.05, 0) is 80.9 Å². The highest BCUT2D eigenvalue weighted by Gasteiger charge is 2.27. The van der Waals surface area contributed by atoms with Crippen molar-refractivity contribution < 1.29 is 0 Å². The number of pyridine rings is 1. The van der Waals surface area contributed by atoms with Gasteiger partial charge in [0, 0.05) is 10.8 Å². The summed E-state index contributed by atoms with van der Waals surface area (Å²) in [5, 5.41) is 3.99. The molecular weight excluding hydrogens is 424 g/mol. The van der Waals surface area contributed by atoms with Crippen molar-refractivity contribution in [2.75, 3.05) is 0 Å². The molecule has 2 aliphatic carbocycles. The fourth-order valence-electron chi connectivity index (χ4n) is 6.79. The van der Waals surface area contributed by atoms with E-state index in [-0.39, 0.29) is 0 Å². The van der Waals surface area contributed by atoms with E-state index in [9.17, 15) is 0 Å². The van der Waals surface area contributed by atoms with Crippen molar-refractivity contribution in [1.29, 1.82) is 0 Å². The third kappa shape index (κ3) is 2.14. The molecule has 162 valence electrons. The second kappa shape index (κ2) is 6.17. The highest BCUT2D eigenvalue weighted by molar-refractivity contribution is 6.21. The smallest absolute Gasteiger partial charge is 0.147 e. The maximum Gasteiger partial charge on any atom is 0.147 e. The van der Waals surface area contributed by atoms with Gasteiger partial charge in [0.25, 0.3) is 0 Å². The minimum Gasteiger partial charge on any atom is -0.292 e. The Hall–Kier alpha value is -4.43. The van der Waals surface area contributed by atoms with Gasteiger partial charge in [0.1, 0.15) is 5.65 Å². The van der Waals surface area contributed by atoms with E-state index < -0.39 is 0 Å². The SMILES string of the molecule is c1ccc2c(c1)Cc1c-2ccc2c1c1ccc3c(c1c1nc4ccccc4n21)-c1ccccc1C3. The first-order chi connectivity index (χ1) is 17.4. The van der Waals surface area contributed by atoms with Crippen LogP contribution in [0, 0.1) is 0 Å². The van der Waals surface area contributed by atoms with Crippen LogP contribution in [0.3, 0.4) is 0 Å². The van der Waals surface area contributed by atoms with Crippen molar-refractivity contribution in [3.63, 3.8) is 0 Å². The van der Waals surface area contributed by atoms with Crippen LogP contribution < -0.4 is 0 Å². The van der Waals surface area contributed by atoms with E-state index in [0.29, 0.717) is 0 Å². The molecule has 0 N–H and O–H groups in total. The van der Waals surface area contributed by atoms with E-state index in [1.165, 1.54) is 71.7 Å². The highest BCUT2D eigenvalue weighted by atomic mass is 15.0. The molecule has 0 spiro atoms. The van der Waals surface area contributed by atoms with Gasteiger partial charge in [-0.15, -0.1) is 0 Å². The predicted octanol–water partition coefficient (Wildman–Crippen LogP) is 7.94. The second-order valence-corrected chi connectivity index (χ2v) is 9.94. The number of aromatic nitrogens is 2. The maximum absolute atomic E-state index is 5.24. The van der Waals surface area contributed by atoms with Gasteiger partial charge in [-0.1, -0.05) is 78.9 Å². The van der Waals surface area contributed by atoms with Crippen molar-refractivity contribution in [3.05, 3.63) is 119 Å². The Bertz CT molecular complexity index is 2060. The van der Waals surface area contributed by atoms with Crippen LogP contribution in [0.2, 0.25) is 0 Å². The van der Waals surface area contributed by atoms with E-state index in [0.717, 1.165) is 24.0 Å². The van der Waals surface area contributed by atoms with Gasteiger partial charge < -0.3 is 0 Å². The van der Waals surface area contributed by atoms with Crippen LogP contribution in [0.5, 0.6) is 0 Å². The monoisotopic (exact) mass is 444 g/mol. The van der Waals surface area contributed by atoms with Gasteiger partial charge in [-0.25, -0.2) is 4.98 Å². The quantitative estimate of drug-likeness (QED) is 0.217. The van der Waals surface area contributed by atoms with Crippen LogP contribution >= 0.6 is 0 Å². The summed E-state index contributed by atoms with van der Waals surface area (Å²) in [5.41, 5.74) is 15.7. The lowest BCUT2D eigenvalue weighted by Crippen LogP contribution is -1.97. The summed E-state index contributed by atoms with van der Waals surface area (Å²) in [6.45, 7) is 0. The average molecular weight is 445 g/mol. The molecule has 2 heterocycles. The van der Waals surface area contributed by atoms with Crippen LogP contribution in [0.1, 0.15) is 22.3 Å². The van der Waals surface area contributed by atoms with Crippen molar-refractivity contribution in [2.24, 2.45) is 0 Å². The predicted molar refractivity (Wildman–Crippen MR) is 144 cm³/mol. The van der Waals surface area contributed by atoms with E-state index in [1.54, 1.807) is 0 Å². The van der Waals surface area contributed by atoms with Crippen molar-refractivity contribution in [2.45, 2.75) is 12.8 Å². The van der Waals surface area contributed by atoms with Crippen LogP contribution in [-0.2, 0) is 12.8 Å². The molecule has 0 fully saturated rings. The van der Waals surface area contributed by atoms with Crippen LogP contribution in [0.4, 0.5) is 0 Å². The summed E-state index contributed by atoms with van der Waals surface area (Å²) in [5.74, 6) is 0. The summed E-state index contributed by atoms with van der Waals surface area (Å²) in [7, 11) is 0. The minimum atomic E-state index is 0.976. The lowest BCUT2D eigenvalue weighted by Gasteiger charge is -2.16. The van der Waals surface area contributed by atoms with Crippen molar-refractivity contribution in [3.8, 4) is 22.3 Å². The molecule has 0 amide bonds. The molecule has 0 saturated heterocycles. The van der Waals surface area contributed by atoms with E-state index in [1.807, 2.05) is 0 Å². The number of benzene rings is 5. The lowest BCUT2D eigenvalue weighted by molar-refractivity contribution is 1.26. The van der Waals surface area contributed by atoms with Gasteiger partial charge in [0.2, 0.25) is 0 Å². The van der Waals surface area contributed by atoms with E-state index in [2.05, 4.69) is 101 Å². The molecule has 0 radical (unpaired) electrons. The van der Waals surface area contributed by atoms with Crippen molar-refractivity contribution >= 4 is 38.4 Å². The number of rotatable bonds is 0. The molecule has 2 nitrogen and oxygen atoms in total. The molecule has 7 aromatic rings. The number of hydrogen-bond acceptors (Lipinski definition) is 1. The zero-order valence-corrected chi connectivity index (χ0v) is 19.0. The number of imidazole rings is 1. The Balaban J connectivity index is 1.57. The summed E-state index contributed by atoms with van der Waals surface area (Å²) in [4.78, 5) is 5.24. The lowest BCUT2D eigenvalue weighted by atomic mass is 9.92. The third-order valence-electron chi connectivity index (χ3n) is 8.22. The Morgan fingerprint density at radius 1 is 0.543 bits per heavy atom. The molecule has 5 aromatic carbocycles. The van der Waals surface area contributed by atoms with Gasteiger partial charge in [0.05, 0.1) is 16.6 Å². The molecule has 9 rings (SSSR count). The van der Waals surface area contributed by atoms with Gasteiger partial charge in [0.15, 0.2) is 0 Å². The largest absolute Gasteiger partial charge is 0.292 e. The van der Waals surface area contributed by atoms with Gasteiger partial charge in [-0.2, -0.15) is 0 Å². The topological polar surface area (TPSA) is 17.3 Å². The Morgan fingerprint density at radius 2 is 1.31 bits per heavy atom. The molecule has 0 aliphatic heterocycles. The van der Waals surface area contributed by atoms with E-state index >= 15 is 0 Å².